The first-order valence-corrected chi connectivity index (χ1v) is 14.4. The monoisotopic (exact) mass is 585 g/mol. The van der Waals surface area contributed by atoms with Crippen molar-refractivity contribution in [1.82, 2.24) is 0 Å². The van der Waals surface area contributed by atoms with Crippen LogP contribution in [0.4, 0.5) is 0 Å². The molecule has 45 heavy (non-hydrogen) atoms. The predicted molar refractivity (Wildman–Crippen MR) is 190 cm³/mol. The van der Waals surface area contributed by atoms with Crippen LogP contribution in [0.5, 0.6) is 0 Å². The number of hydrogen-bond donors (Lipinski definition) is 0. The Balaban J connectivity index is 1.35. The molecule has 0 fully saturated rings. The maximum Gasteiger partial charge on any atom is 0.136 e. The number of hydrogen-bond acceptors (Lipinski definition) is 1. The average molecular weight is 586 g/mol. The maximum atomic E-state index is 9.20. The molecule has 0 N–H and O–H groups in total. The lowest BCUT2D eigenvalue weighted by Crippen LogP contribution is -1.90. The van der Waals surface area contributed by atoms with E-state index in [1.54, 1.807) is 12.1 Å². The highest BCUT2D eigenvalue weighted by Gasteiger charge is 2.17. The fourth-order valence-corrected chi connectivity index (χ4v) is 6.23. The van der Waals surface area contributed by atoms with E-state index in [1.165, 1.54) is 0 Å². The first kappa shape index (κ1) is 15.7. The Bertz CT molecular complexity index is 3140. The van der Waals surface area contributed by atoms with Crippen molar-refractivity contribution in [3.05, 3.63) is 170 Å². The summed E-state index contributed by atoms with van der Waals surface area (Å²) in [7, 11) is 0. The van der Waals surface area contributed by atoms with Crippen LogP contribution in [0.3, 0.4) is 0 Å². The third-order valence-electron chi connectivity index (χ3n) is 8.21. The third kappa shape index (κ3) is 4.17. The number of rotatable bonds is 4. The lowest BCUT2D eigenvalue weighted by molar-refractivity contribution is 0.669. The first-order valence-electron chi connectivity index (χ1n) is 20.9. The number of fused-ring (bicyclic) bond motifs is 5. The normalized spacial score (nSPS) is 15.6. The molecule has 0 aliphatic heterocycles. The van der Waals surface area contributed by atoms with E-state index >= 15 is 0 Å². The molecule has 0 atom stereocenters. The average Bonchev–Trinajstić information content (AvgIpc) is 3.63. The molecule has 0 radical (unpaired) electrons. The molecule has 0 saturated heterocycles. The summed E-state index contributed by atoms with van der Waals surface area (Å²) in [4.78, 5) is 0. The molecule has 210 valence electrons. The van der Waals surface area contributed by atoms with Gasteiger partial charge in [-0.3, -0.25) is 0 Å². The highest BCUT2D eigenvalue weighted by atomic mass is 16.3. The molecule has 0 aliphatic rings. The van der Waals surface area contributed by atoms with Gasteiger partial charge in [-0.05, 0) is 84.3 Å². The van der Waals surface area contributed by atoms with Gasteiger partial charge in [-0.25, -0.2) is 0 Å². The van der Waals surface area contributed by atoms with Crippen molar-refractivity contribution in [3.63, 3.8) is 0 Å². The second-order valence-electron chi connectivity index (χ2n) is 10.7. The molecule has 9 rings (SSSR count). The summed E-state index contributed by atoms with van der Waals surface area (Å²) in [6.45, 7) is 0. The summed E-state index contributed by atoms with van der Waals surface area (Å²) >= 11 is 0. The van der Waals surface area contributed by atoms with E-state index in [9.17, 15) is 2.74 Å². The molecular weight excluding hydrogens is 544 g/mol. The predicted octanol–water partition coefficient (Wildman–Crippen LogP) is 12.6. The van der Waals surface area contributed by atoms with Crippen molar-refractivity contribution < 1.29 is 22.2 Å². The SMILES string of the molecule is [2H]c1c([2H])c([2H])c(-c2c3c([2H])c([2H])c([2H])c([2H])c3c(-c3ccc(-c4cccc5oc6cc(-c7ccccc7)ccc6c45)cc3)c3c([2H])c([2H])c([2H])c([2H])c23)c([2H])c1[2H]. The van der Waals surface area contributed by atoms with Gasteiger partial charge in [0.2, 0.25) is 0 Å². The van der Waals surface area contributed by atoms with E-state index in [0.717, 1.165) is 33.0 Å². The molecule has 1 heteroatoms. The Morgan fingerprint density at radius 3 is 1.62 bits per heavy atom. The molecule has 0 unspecified atom stereocenters. The second-order valence-corrected chi connectivity index (χ2v) is 10.7. The zero-order valence-electron chi connectivity index (χ0n) is 36.6. The topological polar surface area (TPSA) is 13.1 Å². The van der Waals surface area contributed by atoms with E-state index in [2.05, 4.69) is 0 Å². The molecule has 0 aliphatic carbocycles. The van der Waals surface area contributed by atoms with Crippen LogP contribution in [0.1, 0.15) is 17.8 Å². The summed E-state index contributed by atoms with van der Waals surface area (Å²) in [6, 6.07) is 20.6. The van der Waals surface area contributed by atoms with Crippen LogP contribution in [0.15, 0.2) is 174 Å². The molecule has 1 aromatic heterocycles. The van der Waals surface area contributed by atoms with Gasteiger partial charge in [-0.1, -0.05) is 151 Å². The summed E-state index contributed by atoms with van der Waals surface area (Å²) in [5.74, 6) is 0. The molecule has 8 aromatic carbocycles. The van der Waals surface area contributed by atoms with E-state index in [1.807, 2.05) is 78.9 Å². The van der Waals surface area contributed by atoms with Gasteiger partial charge < -0.3 is 4.42 Å². The summed E-state index contributed by atoms with van der Waals surface area (Å²) in [6.07, 6.45) is 0. The van der Waals surface area contributed by atoms with Crippen LogP contribution in [-0.4, -0.2) is 0 Å². The lowest BCUT2D eigenvalue weighted by atomic mass is 9.85. The van der Waals surface area contributed by atoms with Crippen LogP contribution < -0.4 is 0 Å². The van der Waals surface area contributed by atoms with Crippen molar-refractivity contribution in [3.8, 4) is 44.5 Å². The van der Waals surface area contributed by atoms with E-state index in [0.29, 0.717) is 16.7 Å². The van der Waals surface area contributed by atoms with Gasteiger partial charge >= 0.3 is 0 Å². The first-order chi connectivity index (χ1) is 27.7. The second kappa shape index (κ2) is 10.4. The molecule has 1 nitrogen and oxygen atoms in total. The molecular formula is C44H28O. The fourth-order valence-electron chi connectivity index (χ4n) is 6.23. The van der Waals surface area contributed by atoms with Crippen molar-refractivity contribution in [2.24, 2.45) is 0 Å². The van der Waals surface area contributed by atoms with E-state index < -0.39 is 84.1 Å². The van der Waals surface area contributed by atoms with Crippen molar-refractivity contribution >= 4 is 43.5 Å². The third-order valence-corrected chi connectivity index (χ3v) is 8.21. The number of benzene rings is 8. The van der Waals surface area contributed by atoms with Crippen molar-refractivity contribution in [1.29, 1.82) is 0 Å². The maximum absolute atomic E-state index is 9.20. The summed E-state index contributed by atoms with van der Waals surface area (Å²) in [5, 5.41) is 1.04. The smallest absolute Gasteiger partial charge is 0.136 e. The minimum absolute atomic E-state index is 0.0760. The molecule has 0 saturated carbocycles. The van der Waals surface area contributed by atoms with E-state index in [4.69, 9.17) is 19.5 Å². The number of furan rings is 1. The van der Waals surface area contributed by atoms with Crippen LogP contribution in [0.25, 0.3) is 88.0 Å². The van der Waals surface area contributed by atoms with E-state index in [-0.39, 0.29) is 32.7 Å². The molecule has 0 spiro atoms. The Kier molecular flexibility index (Phi) is 3.62. The largest absolute Gasteiger partial charge is 0.456 e. The minimum Gasteiger partial charge on any atom is -0.456 e. The van der Waals surface area contributed by atoms with Crippen LogP contribution in [0, 0.1) is 0 Å². The Hall–Kier alpha value is -5.92. The Morgan fingerprint density at radius 1 is 0.378 bits per heavy atom. The Labute approximate surface area is 279 Å². The molecule has 9 aromatic rings. The van der Waals surface area contributed by atoms with Crippen LogP contribution in [-0.2, 0) is 0 Å². The zero-order valence-corrected chi connectivity index (χ0v) is 23.6. The van der Waals surface area contributed by atoms with Crippen molar-refractivity contribution in [2.75, 3.05) is 0 Å². The van der Waals surface area contributed by atoms with Gasteiger partial charge in [-0.15, -0.1) is 0 Å². The molecule has 0 amide bonds. The minimum atomic E-state index is -0.712. The summed E-state index contributed by atoms with van der Waals surface area (Å²) < 4.78 is 120. The molecule has 1 heterocycles. The molecule has 0 bridgehead atoms. The fraction of sp³-hybridized carbons (Fsp3) is 0. The zero-order chi connectivity index (χ0) is 41.1. The van der Waals surface area contributed by atoms with Gasteiger partial charge in [0.05, 0.1) is 17.8 Å². The van der Waals surface area contributed by atoms with Crippen molar-refractivity contribution in [2.45, 2.75) is 0 Å². The standard InChI is InChI=1S/C44H28O/c1-3-12-29(13-4-1)33-26-27-39-41(28-33)45-40-21-11-20-34(44(39)40)30-22-24-32(25-23-30)43-37-18-9-7-16-35(37)42(31-14-5-2-6-15-31)36-17-8-10-19-38(36)43/h1-28H/i2D,5D,6D,7D,8D,9D,10D,14D,15D,16D,17D,18D,19D. The summed E-state index contributed by atoms with van der Waals surface area (Å²) in [5.41, 5.74) is 4.75. The Morgan fingerprint density at radius 2 is 0.956 bits per heavy atom. The van der Waals surface area contributed by atoms with Gasteiger partial charge in [0.15, 0.2) is 0 Å². The van der Waals surface area contributed by atoms with Crippen LogP contribution >= 0.6 is 0 Å². The quantitative estimate of drug-likeness (QED) is 0.187. The van der Waals surface area contributed by atoms with Crippen LogP contribution in [0.2, 0.25) is 0 Å². The van der Waals surface area contributed by atoms with Gasteiger partial charge in [0.25, 0.3) is 0 Å². The highest BCUT2D eigenvalue weighted by Crippen LogP contribution is 2.44. The van der Waals surface area contributed by atoms with Gasteiger partial charge in [-0.2, -0.15) is 0 Å². The van der Waals surface area contributed by atoms with Gasteiger partial charge in [0, 0.05) is 10.8 Å². The lowest BCUT2D eigenvalue weighted by Gasteiger charge is -2.18. The van der Waals surface area contributed by atoms with Gasteiger partial charge in [0.1, 0.15) is 11.2 Å². The highest BCUT2D eigenvalue weighted by molar-refractivity contribution is 6.21.